The van der Waals surface area contributed by atoms with Crippen molar-refractivity contribution in [3.63, 3.8) is 0 Å². The second kappa shape index (κ2) is 4.64. The lowest BCUT2D eigenvalue weighted by molar-refractivity contribution is 0.0872. The van der Waals surface area contributed by atoms with Crippen LogP contribution in [0.3, 0.4) is 0 Å². The number of carbonyl (C=O) groups is 1. The average Bonchev–Trinajstić information content (AvgIpc) is 2.64. The smallest absolute Gasteiger partial charge is 0.169 e. The minimum atomic E-state index is -0.0224. The number of ketones is 1. The Balaban J connectivity index is 2.17. The number of nitrogens with two attached hydrogens (primary N) is 1. The summed E-state index contributed by atoms with van der Waals surface area (Å²) in [5.41, 5.74) is 6.63. The SMILES string of the molecule is NC1CCCCC1C(=O)c1ccsc1Cl. The van der Waals surface area contributed by atoms with Gasteiger partial charge in [0.05, 0.1) is 0 Å². The molecule has 0 spiro atoms. The van der Waals surface area contributed by atoms with Gasteiger partial charge in [0, 0.05) is 17.5 Å². The van der Waals surface area contributed by atoms with E-state index in [0.29, 0.717) is 9.90 Å². The van der Waals surface area contributed by atoms with Crippen LogP contribution in [-0.2, 0) is 0 Å². The highest BCUT2D eigenvalue weighted by Gasteiger charge is 2.30. The van der Waals surface area contributed by atoms with E-state index < -0.39 is 0 Å². The third-order valence-electron chi connectivity index (χ3n) is 3.04. The van der Waals surface area contributed by atoms with Crippen molar-refractivity contribution in [2.45, 2.75) is 31.7 Å². The van der Waals surface area contributed by atoms with Gasteiger partial charge in [0.15, 0.2) is 5.78 Å². The van der Waals surface area contributed by atoms with Gasteiger partial charge in [-0.05, 0) is 24.3 Å². The van der Waals surface area contributed by atoms with Crippen LogP contribution in [0.4, 0.5) is 0 Å². The van der Waals surface area contributed by atoms with Crippen LogP contribution >= 0.6 is 22.9 Å². The van der Waals surface area contributed by atoms with E-state index in [4.69, 9.17) is 17.3 Å². The van der Waals surface area contributed by atoms with Crippen LogP contribution in [0.1, 0.15) is 36.0 Å². The molecule has 1 saturated carbocycles. The molecule has 4 heteroatoms. The van der Waals surface area contributed by atoms with Crippen molar-refractivity contribution in [2.75, 3.05) is 0 Å². The Labute approximate surface area is 98.4 Å². The van der Waals surface area contributed by atoms with Gasteiger partial charge in [-0.3, -0.25) is 4.79 Å². The Bertz CT molecular complexity index is 363. The highest BCUT2D eigenvalue weighted by atomic mass is 35.5. The van der Waals surface area contributed by atoms with E-state index in [1.807, 2.05) is 5.38 Å². The summed E-state index contributed by atoms with van der Waals surface area (Å²) in [4.78, 5) is 12.1. The standard InChI is InChI=1S/C11H14ClNOS/c12-11-8(5-6-15-11)10(14)7-3-1-2-4-9(7)13/h5-7,9H,1-4,13H2. The summed E-state index contributed by atoms with van der Waals surface area (Å²) in [6.45, 7) is 0. The fourth-order valence-electron chi connectivity index (χ4n) is 2.15. The fourth-order valence-corrected chi connectivity index (χ4v) is 3.08. The molecule has 0 saturated heterocycles. The first kappa shape index (κ1) is 11.1. The predicted octanol–water partition coefficient (Wildman–Crippen LogP) is 3.10. The van der Waals surface area contributed by atoms with Crippen LogP contribution in [0, 0.1) is 5.92 Å². The highest BCUT2D eigenvalue weighted by Crippen LogP contribution is 2.31. The van der Waals surface area contributed by atoms with Crippen LogP contribution in [0.25, 0.3) is 0 Å². The summed E-state index contributed by atoms with van der Waals surface area (Å²) in [6.07, 6.45) is 4.11. The largest absolute Gasteiger partial charge is 0.327 e. The molecule has 1 heterocycles. The average molecular weight is 244 g/mol. The number of halogens is 1. The van der Waals surface area contributed by atoms with Crippen LogP contribution in [0.5, 0.6) is 0 Å². The van der Waals surface area contributed by atoms with E-state index in [0.717, 1.165) is 25.7 Å². The molecule has 0 bridgehead atoms. The maximum Gasteiger partial charge on any atom is 0.169 e. The summed E-state index contributed by atoms with van der Waals surface area (Å²) in [5, 5.41) is 1.85. The monoisotopic (exact) mass is 243 g/mol. The number of carbonyl (C=O) groups excluding carboxylic acids is 1. The summed E-state index contributed by atoms with van der Waals surface area (Å²) < 4.78 is 0.595. The van der Waals surface area contributed by atoms with Crippen LogP contribution < -0.4 is 5.73 Å². The van der Waals surface area contributed by atoms with E-state index in [2.05, 4.69) is 0 Å². The van der Waals surface area contributed by atoms with Gasteiger partial charge in [0.2, 0.25) is 0 Å². The first-order chi connectivity index (χ1) is 7.20. The Morgan fingerprint density at radius 1 is 1.47 bits per heavy atom. The molecular weight excluding hydrogens is 230 g/mol. The molecule has 82 valence electrons. The number of thiophene rings is 1. The second-order valence-corrected chi connectivity index (χ2v) is 5.55. The number of Topliss-reactive ketones (excluding diaryl/α,β-unsaturated/α-hetero) is 1. The molecule has 0 aromatic carbocycles. The maximum atomic E-state index is 12.1. The molecule has 0 aliphatic heterocycles. The Morgan fingerprint density at radius 3 is 2.80 bits per heavy atom. The lowest BCUT2D eigenvalue weighted by Crippen LogP contribution is -2.38. The Morgan fingerprint density at radius 2 is 2.20 bits per heavy atom. The van der Waals surface area contributed by atoms with Gasteiger partial charge in [-0.1, -0.05) is 24.4 Å². The molecule has 1 fully saturated rings. The summed E-state index contributed by atoms with van der Waals surface area (Å²) in [5.74, 6) is 0.110. The quantitative estimate of drug-likeness (QED) is 0.812. The van der Waals surface area contributed by atoms with Crippen molar-refractivity contribution in [1.82, 2.24) is 0 Å². The molecule has 1 aromatic heterocycles. The molecule has 2 rings (SSSR count). The molecule has 0 amide bonds. The van der Waals surface area contributed by atoms with Gasteiger partial charge < -0.3 is 5.73 Å². The minimum Gasteiger partial charge on any atom is -0.327 e. The first-order valence-corrected chi connectivity index (χ1v) is 6.48. The van der Waals surface area contributed by atoms with Crippen molar-refractivity contribution >= 4 is 28.7 Å². The number of hydrogen-bond acceptors (Lipinski definition) is 3. The summed E-state index contributed by atoms with van der Waals surface area (Å²) in [7, 11) is 0. The zero-order valence-electron chi connectivity index (χ0n) is 8.41. The summed E-state index contributed by atoms with van der Waals surface area (Å²) in [6, 6.07) is 1.82. The van der Waals surface area contributed by atoms with Crippen LogP contribution in [0.2, 0.25) is 4.34 Å². The van der Waals surface area contributed by atoms with Crippen molar-refractivity contribution in [2.24, 2.45) is 11.7 Å². The highest BCUT2D eigenvalue weighted by molar-refractivity contribution is 7.14. The molecule has 2 nitrogen and oxygen atoms in total. The number of rotatable bonds is 2. The number of hydrogen-bond donors (Lipinski definition) is 1. The first-order valence-electron chi connectivity index (χ1n) is 5.23. The van der Waals surface area contributed by atoms with Crippen LogP contribution in [-0.4, -0.2) is 11.8 Å². The molecule has 1 aliphatic carbocycles. The van der Waals surface area contributed by atoms with Gasteiger partial charge >= 0.3 is 0 Å². The summed E-state index contributed by atoms with van der Waals surface area (Å²) >= 11 is 7.36. The van der Waals surface area contributed by atoms with Crippen molar-refractivity contribution in [3.8, 4) is 0 Å². The predicted molar refractivity (Wildman–Crippen MR) is 63.6 cm³/mol. The maximum absolute atomic E-state index is 12.1. The van der Waals surface area contributed by atoms with E-state index >= 15 is 0 Å². The molecule has 2 N–H and O–H groups in total. The third-order valence-corrected chi connectivity index (χ3v) is 4.21. The molecule has 1 aliphatic rings. The van der Waals surface area contributed by atoms with Crippen molar-refractivity contribution in [1.29, 1.82) is 0 Å². The molecule has 2 unspecified atom stereocenters. The molecule has 15 heavy (non-hydrogen) atoms. The van der Waals surface area contributed by atoms with Crippen molar-refractivity contribution in [3.05, 3.63) is 21.3 Å². The molecule has 0 radical (unpaired) electrons. The minimum absolute atomic E-state index is 0.0159. The van der Waals surface area contributed by atoms with E-state index in [1.165, 1.54) is 11.3 Å². The molecule has 2 atom stereocenters. The Kier molecular flexibility index (Phi) is 3.44. The van der Waals surface area contributed by atoms with Gasteiger partial charge in [-0.25, -0.2) is 0 Å². The van der Waals surface area contributed by atoms with E-state index in [9.17, 15) is 4.79 Å². The fraction of sp³-hybridized carbons (Fsp3) is 0.545. The van der Waals surface area contributed by atoms with Gasteiger partial charge in [-0.2, -0.15) is 0 Å². The van der Waals surface area contributed by atoms with Gasteiger partial charge in [0.25, 0.3) is 0 Å². The van der Waals surface area contributed by atoms with Crippen LogP contribution in [0.15, 0.2) is 11.4 Å². The van der Waals surface area contributed by atoms with Gasteiger partial charge in [-0.15, -0.1) is 11.3 Å². The van der Waals surface area contributed by atoms with Crippen molar-refractivity contribution < 1.29 is 4.79 Å². The lowest BCUT2D eigenvalue weighted by atomic mass is 9.81. The van der Waals surface area contributed by atoms with E-state index in [-0.39, 0.29) is 17.7 Å². The normalized spacial score (nSPS) is 26.5. The lowest BCUT2D eigenvalue weighted by Gasteiger charge is -2.27. The van der Waals surface area contributed by atoms with Gasteiger partial charge in [0.1, 0.15) is 4.34 Å². The zero-order valence-corrected chi connectivity index (χ0v) is 9.98. The Hall–Kier alpha value is -0.380. The third kappa shape index (κ3) is 2.25. The van der Waals surface area contributed by atoms with E-state index in [1.54, 1.807) is 6.07 Å². The molecule has 1 aromatic rings. The zero-order chi connectivity index (χ0) is 10.8. The topological polar surface area (TPSA) is 43.1 Å². The molecular formula is C11H14ClNOS. The second-order valence-electron chi connectivity index (χ2n) is 4.03.